The summed E-state index contributed by atoms with van der Waals surface area (Å²) in [5, 5.41) is 0.542. The molecule has 5 rings (SSSR count). The zero-order chi connectivity index (χ0) is 29.1. The van der Waals surface area contributed by atoms with E-state index in [9.17, 15) is 9.59 Å². The Labute approximate surface area is 254 Å². The minimum atomic E-state index is -0.779. The van der Waals surface area contributed by atoms with Crippen molar-refractivity contribution in [3.05, 3.63) is 118 Å². The lowest BCUT2D eigenvalue weighted by Gasteiger charge is -2.25. The van der Waals surface area contributed by atoms with Crippen LogP contribution in [-0.4, -0.2) is 30.9 Å². The third kappa shape index (κ3) is 5.75. The van der Waals surface area contributed by atoms with Crippen LogP contribution in [0.1, 0.15) is 36.6 Å². The van der Waals surface area contributed by atoms with Gasteiger partial charge in [0.25, 0.3) is 5.56 Å². The molecule has 0 amide bonds. The quantitative estimate of drug-likeness (QED) is 0.226. The van der Waals surface area contributed by atoms with Crippen molar-refractivity contribution in [3.8, 4) is 11.5 Å². The molecule has 0 fully saturated rings. The van der Waals surface area contributed by atoms with Gasteiger partial charge < -0.3 is 14.2 Å². The maximum atomic E-state index is 14.1. The minimum absolute atomic E-state index is 0.176. The minimum Gasteiger partial charge on any atom is -0.493 e. The standard InChI is InChI=1S/C31H26BrClN2O5S/c1-4-39-24-15-20(22(32)17-23(24)38-3)16-25-29(36)35-28(19-11-13-21(33)14-12-19)26(30(37)40-5-2)27(34-31(35)41-25)18-9-7-6-8-10-18/h6-17,28H,4-5H2,1-3H3/b25-16+/t28-/m1/s1. The van der Waals surface area contributed by atoms with Gasteiger partial charge in [-0.2, -0.15) is 0 Å². The van der Waals surface area contributed by atoms with E-state index in [-0.39, 0.29) is 17.7 Å². The van der Waals surface area contributed by atoms with Gasteiger partial charge in [0, 0.05) is 15.1 Å². The van der Waals surface area contributed by atoms with E-state index in [1.807, 2.05) is 55.5 Å². The van der Waals surface area contributed by atoms with Crippen molar-refractivity contribution in [1.82, 2.24) is 4.57 Å². The first-order valence-corrected chi connectivity index (χ1v) is 14.9. The number of carbonyl (C=O) groups excluding carboxylic acids is 1. The largest absolute Gasteiger partial charge is 0.493 e. The molecular weight excluding hydrogens is 628 g/mol. The molecule has 0 saturated carbocycles. The smallest absolute Gasteiger partial charge is 0.338 e. The van der Waals surface area contributed by atoms with Crippen LogP contribution >= 0.6 is 38.9 Å². The molecule has 0 bridgehead atoms. The summed E-state index contributed by atoms with van der Waals surface area (Å²) in [6.07, 6.45) is 1.78. The van der Waals surface area contributed by atoms with Crippen LogP contribution in [0, 0.1) is 0 Å². The number of hydrogen-bond donors (Lipinski definition) is 0. The molecular formula is C31H26BrClN2O5S. The molecule has 10 heteroatoms. The number of esters is 1. The lowest BCUT2D eigenvalue weighted by atomic mass is 9.93. The van der Waals surface area contributed by atoms with Gasteiger partial charge in [-0.15, -0.1) is 0 Å². The number of rotatable bonds is 8. The molecule has 1 aliphatic heterocycles. The van der Waals surface area contributed by atoms with Gasteiger partial charge in [-0.05, 0) is 55.3 Å². The summed E-state index contributed by atoms with van der Waals surface area (Å²) in [5.41, 5.74) is 2.63. The molecule has 1 aromatic heterocycles. The molecule has 0 aliphatic carbocycles. The van der Waals surface area contributed by atoms with Crippen molar-refractivity contribution in [1.29, 1.82) is 0 Å². The molecule has 0 radical (unpaired) electrons. The Morgan fingerprint density at radius 3 is 2.46 bits per heavy atom. The van der Waals surface area contributed by atoms with E-state index in [1.54, 1.807) is 42.9 Å². The molecule has 0 spiro atoms. The highest BCUT2D eigenvalue weighted by atomic mass is 79.9. The van der Waals surface area contributed by atoms with Gasteiger partial charge in [-0.25, -0.2) is 9.79 Å². The average molecular weight is 654 g/mol. The molecule has 3 aromatic carbocycles. The highest BCUT2D eigenvalue weighted by Crippen LogP contribution is 2.36. The maximum absolute atomic E-state index is 14.1. The van der Waals surface area contributed by atoms with Gasteiger partial charge in [-0.1, -0.05) is 81.3 Å². The Bertz CT molecular complexity index is 1810. The van der Waals surface area contributed by atoms with Crippen LogP contribution in [-0.2, 0) is 9.53 Å². The fourth-order valence-corrected chi connectivity index (χ4v) is 6.19. The number of nitrogens with zero attached hydrogens (tertiary/aromatic N) is 2. The fourth-order valence-electron chi connectivity index (χ4n) is 4.63. The molecule has 0 unspecified atom stereocenters. The Kier molecular flexibility index (Phi) is 8.77. The zero-order valence-corrected chi connectivity index (χ0v) is 25.7. The van der Waals surface area contributed by atoms with Crippen LogP contribution < -0.4 is 24.4 Å². The molecule has 210 valence electrons. The summed E-state index contributed by atoms with van der Waals surface area (Å²) in [6, 6.07) is 19.4. The monoisotopic (exact) mass is 652 g/mol. The van der Waals surface area contributed by atoms with E-state index in [0.717, 1.165) is 15.6 Å². The van der Waals surface area contributed by atoms with Crippen molar-refractivity contribution >= 4 is 56.6 Å². The van der Waals surface area contributed by atoms with Crippen LogP contribution in [0.25, 0.3) is 11.8 Å². The van der Waals surface area contributed by atoms with E-state index in [2.05, 4.69) is 15.9 Å². The predicted octanol–water partition coefficient (Wildman–Crippen LogP) is 5.76. The number of hydrogen-bond acceptors (Lipinski definition) is 7. The lowest BCUT2D eigenvalue weighted by Crippen LogP contribution is -2.40. The van der Waals surface area contributed by atoms with Crippen molar-refractivity contribution in [2.45, 2.75) is 19.9 Å². The molecule has 1 atom stereocenters. The van der Waals surface area contributed by atoms with E-state index in [0.29, 0.717) is 43.7 Å². The summed E-state index contributed by atoms with van der Waals surface area (Å²) in [4.78, 5) is 33.0. The molecule has 41 heavy (non-hydrogen) atoms. The van der Waals surface area contributed by atoms with Crippen molar-refractivity contribution in [3.63, 3.8) is 0 Å². The van der Waals surface area contributed by atoms with E-state index in [4.69, 9.17) is 30.8 Å². The number of benzene rings is 3. The number of halogens is 2. The van der Waals surface area contributed by atoms with Crippen molar-refractivity contribution < 1.29 is 19.0 Å². The Morgan fingerprint density at radius 2 is 1.80 bits per heavy atom. The van der Waals surface area contributed by atoms with Gasteiger partial charge in [0.15, 0.2) is 16.3 Å². The second-order valence-electron chi connectivity index (χ2n) is 8.94. The topological polar surface area (TPSA) is 79.1 Å². The predicted molar refractivity (Wildman–Crippen MR) is 164 cm³/mol. The maximum Gasteiger partial charge on any atom is 0.338 e. The second-order valence-corrected chi connectivity index (χ2v) is 11.2. The van der Waals surface area contributed by atoms with Crippen LogP contribution in [0.3, 0.4) is 0 Å². The molecule has 2 heterocycles. The van der Waals surface area contributed by atoms with Crippen molar-refractivity contribution in [2.75, 3.05) is 20.3 Å². The molecule has 1 aliphatic rings. The fraction of sp³-hybridized carbons (Fsp3) is 0.194. The summed E-state index contributed by atoms with van der Waals surface area (Å²) < 4.78 is 19.4. The third-order valence-electron chi connectivity index (χ3n) is 6.43. The SMILES string of the molecule is CCOC(=O)C1=C(c2ccccc2)N=c2s/c(=C/c3cc(OCC)c(OC)cc3Br)c(=O)n2[C@@H]1c1ccc(Cl)cc1. The molecule has 0 N–H and O–H groups in total. The summed E-state index contributed by atoms with van der Waals surface area (Å²) >= 11 is 11.0. The first-order chi connectivity index (χ1) is 19.9. The Hall–Kier alpha value is -3.66. The van der Waals surface area contributed by atoms with Crippen molar-refractivity contribution in [2.24, 2.45) is 4.99 Å². The van der Waals surface area contributed by atoms with Crippen LogP contribution in [0.5, 0.6) is 11.5 Å². The number of aromatic nitrogens is 1. The number of fused-ring (bicyclic) bond motifs is 1. The Morgan fingerprint density at radius 1 is 1.07 bits per heavy atom. The van der Waals surface area contributed by atoms with E-state index < -0.39 is 12.0 Å². The normalized spacial score (nSPS) is 14.9. The summed E-state index contributed by atoms with van der Waals surface area (Å²) in [7, 11) is 1.57. The van der Waals surface area contributed by atoms with Crippen LogP contribution in [0.15, 0.2) is 86.6 Å². The van der Waals surface area contributed by atoms with Gasteiger partial charge in [-0.3, -0.25) is 9.36 Å². The van der Waals surface area contributed by atoms with Gasteiger partial charge in [0.2, 0.25) is 0 Å². The van der Waals surface area contributed by atoms with Gasteiger partial charge >= 0.3 is 5.97 Å². The summed E-state index contributed by atoms with van der Waals surface area (Å²) in [5.74, 6) is 0.600. The first kappa shape index (κ1) is 28.9. The number of thiazole rings is 1. The van der Waals surface area contributed by atoms with Gasteiger partial charge in [0.05, 0.1) is 42.2 Å². The highest BCUT2D eigenvalue weighted by Gasteiger charge is 2.35. The summed E-state index contributed by atoms with van der Waals surface area (Å²) in [6.45, 7) is 4.27. The highest BCUT2D eigenvalue weighted by molar-refractivity contribution is 9.10. The van der Waals surface area contributed by atoms with E-state index >= 15 is 0 Å². The van der Waals surface area contributed by atoms with E-state index in [1.165, 1.54) is 11.3 Å². The molecule has 0 saturated heterocycles. The second kappa shape index (κ2) is 12.5. The Balaban J connectivity index is 1.80. The molecule has 7 nitrogen and oxygen atoms in total. The zero-order valence-electron chi connectivity index (χ0n) is 22.5. The average Bonchev–Trinajstić information content (AvgIpc) is 3.29. The number of ether oxygens (including phenoxy) is 3. The van der Waals surface area contributed by atoms with Crippen LogP contribution in [0.2, 0.25) is 5.02 Å². The lowest BCUT2D eigenvalue weighted by molar-refractivity contribution is -0.138. The van der Waals surface area contributed by atoms with Gasteiger partial charge in [0.1, 0.15) is 0 Å². The number of methoxy groups -OCH3 is 1. The van der Waals surface area contributed by atoms with Crippen LogP contribution in [0.4, 0.5) is 0 Å². The third-order valence-corrected chi connectivity index (χ3v) is 8.35. The number of carbonyl (C=O) groups is 1. The molecule has 4 aromatic rings. The first-order valence-electron chi connectivity index (χ1n) is 12.9.